The van der Waals surface area contributed by atoms with Crippen LogP contribution in [0.1, 0.15) is 24.8 Å². The predicted molar refractivity (Wildman–Crippen MR) is 128 cm³/mol. The van der Waals surface area contributed by atoms with E-state index in [1.165, 1.54) is 6.08 Å². The highest BCUT2D eigenvalue weighted by Gasteiger charge is 2.49. The highest BCUT2D eigenvalue weighted by Crippen LogP contribution is 2.36. The van der Waals surface area contributed by atoms with Crippen LogP contribution < -0.4 is 4.90 Å². The maximum Gasteiger partial charge on any atom is 0.335 e. The summed E-state index contributed by atoms with van der Waals surface area (Å²) < 4.78 is 5.13. The number of ketones is 1. The number of benzene rings is 1. The molecule has 11 heteroatoms. The summed E-state index contributed by atoms with van der Waals surface area (Å²) in [6, 6.07) is 7.93. The number of carboxylic acid groups (broad SMARTS) is 2. The molecule has 0 saturated carbocycles. The molecule has 194 valence electrons. The maximum atomic E-state index is 12.8. The van der Waals surface area contributed by atoms with E-state index >= 15 is 0 Å². The molecular formula is C24H34N2O9. The van der Waals surface area contributed by atoms with Crippen LogP contribution >= 0.6 is 0 Å². The number of carbonyl (C=O) groups excluding carboxylic acids is 2. The molecule has 0 bridgehead atoms. The Kier molecular flexibility index (Phi) is 11.5. The summed E-state index contributed by atoms with van der Waals surface area (Å²) in [6.07, 6.45) is 0.581. The minimum Gasteiger partial charge on any atom is -0.479 e. The molecule has 1 aliphatic rings. The topological polar surface area (TPSA) is 165 Å². The van der Waals surface area contributed by atoms with Crippen LogP contribution in [0.15, 0.2) is 30.3 Å². The van der Waals surface area contributed by atoms with E-state index in [9.17, 15) is 19.2 Å². The normalized spacial score (nSPS) is 19.0. The third kappa shape index (κ3) is 8.78. The first-order valence-electron chi connectivity index (χ1n) is 11.0. The van der Waals surface area contributed by atoms with Crippen LogP contribution in [0.3, 0.4) is 0 Å². The van der Waals surface area contributed by atoms with Gasteiger partial charge in [0.05, 0.1) is 6.61 Å². The van der Waals surface area contributed by atoms with Gasteiger partial charge in [-0.05, 0) is 57.3 Å². The Labute approximate surface area is 204 Å². The van der Waals surface area contributed by atoms with Crippen LogP contribution in [0.2, 0.25) is 0 Å². The summed E-state index contributed by atoms with van der Waals surface area (Å²) in [4.78, 5) is 48.7. The number of anilines is 1. The summed E-state index contributed by atoms with van der Waals surface area (Å²) in [6.45, 7) is 1.18. The van der Waals surface area contributed by atoms with Crippen LogP contribution in [-0.2, 0) is 23.9 Å². The van der Waals surface area contributed by atoms with Crippen molar-refractivity contribution in [1.82, 2.24) is 4.90 Å². The van der Waals surface area contributed by atoms with Gasteiger partial charge in [0.15, 0.2) is 18.0 Å². The molecule has 0 spiro atoms. The summed E-state index contributed by atoms with van der Waals surface area (Å²) >= 11 is 0. The summed E-state index contributed by atoms with van der Waals surface area (Å²) in [5, 5.41) is 32.5. The lowest BCUT2D eigenvalue weighted by Gasteiger charge is -2.22. The average molecular weight is 495 g/mol. The van der Waals surface area contributed by atoms with Crippen molar-refractivity contribution < 1.29 is 44.3 Å². The Morgan fingerprint density at radius 2 is 1.57 bits per heavy atom. The lowest BCUT2D eigenvalue weighted by Crippen LogP contribution is -2.39. The van der Waals surface area contributed by atoms with Gasteiger partial charge in [0, 0.05) is 26.2 Å². The number of hydrogen-bond donors (Lipinski definition) is 4. The molecule has 4 N–H and O–H groups in total. The number of esters is 1. The van der Waals surface area contributed by atoms with Crippen LogP contribution in [0.25, 0.3) is 6.08 Å². The van der Waals surface area contributed by atoms with E-state index in [4.69, 9.17) is 25.2 Å². The Hall–Kier alpha value is -3.28. The molecule has 11 nitrogen and oxygen atoms in total. The number of rotatable bonds is 11. The molecule has 3 unspecified atom stereocenters. The van der Waals surface area contributed by atoms with Gasteiger partial charge in [0.25, 0.3) is 0 Å². The number of carboxylic acids is 2. The van der Waals surface area contributed by atoms with E-state index in [1.54, 1.807) is 6.08 Å². The number of nitrogens with zero attached hydrogens (tertiary/aromatic N) is 2. The summed E-state index contributed by atoms with van der Waals surface area (Å²) in [5.74, 6) is -4.06. The lowest BCUT2D eigenvalue weighted by atomic mass is 9.77. The molecule has 1 saturated heterocycles. The van der Waals surface area contributed by atoms with Crippen LogP contribution in [0.4, 0.5) is 5.69 Å². The Morgan fingerprint density at radius 3 is 1.97 bits per heavy atom. The molecule has 0 radical (unpaired) electrons. The van der Waals surface area contributed by atoms with Crippen molar-refractivity contribution in [2.45, 2.75) is 31.5 Å². The molecule has 1 aliphatic heterocycles. The SMILES string of the molecule is CN(C)CCCC1(C(=O)/C=C/c2ccc(N(C)C)cc2)CCOC1=O.O=C(O)C(O)C(O)C(=O)O. The zero-order valence-electron chi connectivity index (χ0n) is 20.4. The second-order valence-electron chi connectivity index (χ2n) is 8.62. The quantitative estimate of drug-likeness (QED) is 0.192. The van der Waals surface area contributed by atoms with E-state index in [0.717, 1.165) is 24.2 Å². The van der Waals surface area contributed by atoms with E-state index in [0.29, 0.717) is 19.4 Å². The second kappa shape index (κ2) is 13.6. The highest BCUT2D eigenvalue weighted by atomic mass is 16.5. The van der Waals surface area contributed by atoms with Crippen molar-refractivity contribution in [1.29, 1.82) is 0 Å². The minimum atomic E-state index is -2.27. The fraction of sp³-hybridized carbons (Fsp3) is 0.500. The van der Waals surface area contributed by atoms with E-state index in [2.05, 4.69) is 4.90 Å². The Bertz CT molecular complexity index is 894. The molecule has 0 amide bonds. The molecule has 1 aromatic carbocycles. The summed E-state index contributed by atoms with van der Waals surface area (Å²) in [5.41, 5.74) is 1.03. The lowest BCUT2D eigenvalue weighted by molar-refractivity contribution is -0.165. The molecule has 1 aromatic rings. The molecule has 1 heterocycles. The number of aliphatic carboxylic acids is 2. The first-order chi connectivity index (χ1) is 16.3. The van der Waals surface area contributed by atoms with Crippen molar-refractivity contribution in [2.24, 2.45) is 5.41 Å². The molecule has 3 atom stereocenters. The monoisotopic (exact) mass is 494 g/mol. The van der Waals surface area contributed by atoms with Gasteiger partial charge in [0.1, 0.15) is 5.41 Å². The Balaban J connectivity index is 0.000000518. The molecule has 0 aromatic heterocycles. The summed E-state index contributed by atoms with van der Waals surface area (Å²) in [7, 11) is 7.94. The minimum absolute atomic E-state index is 0.148. The van der Waals surface area contributed by atoms with Crippen molar-refractivity contribution >= 4 is 35.5 Å². The van der Waals surface area contributed by atoms with E-state index in [-0.39, 0.29) is 11.8 Å². The number of carbonyl (C=O) groups is 4. The second-order valence-corrected chi connectivity index (χ2v) is 8.62. The van der Waals surface area contributed by atoms with Crippen LogP contribution in [0.5, 0.6) is 0 Å². The molecule has 0 aliphatic carbocycles. The molecular weight excluding hydrogens is 460 g/mol. The Morgan fingerprint density at radius 1 is 1.03 bits per heavy atom. The number of aliphatic hydroxyl groups excluding tert-OH is 2. The zero-order valence-corrected chi connectivity index (χ0v) is 20.4. The van der Waals surface area contributed by atoms with Gasteiger partial charge in [-0.3, -0.25) is 9.59 Å². The van der Waals surface area contributed by atoms with Crippen molar-refractivity contribution in [3.05, 3.63) is 35.9 Å². The van der Waals surface area contributed by atoms with Gasteiger partial charge in [-0.25, -0.2) is 9.59 Å². The van der Waals surface area contributed by atoms with Crippen LogP contribution in [-0.4, -0.2) is 103 Å². The van der Waals surface area contributed by atoms with Gasteiger partial charge in [0.2, 0.25) is 0 Å². The molecule has 1 fully saturated rings. The first-order valence-corrected chi connectivity index (χ1v) is 11.0. The fourth-order valence-electron chi connectivity index (χ4n) is 3.31. The number of allylic oxidation sites excluding steroid dienone is 1. The highest BCUT2D eigenvalue weighted by molar-refractivity contribution is 6.11. The third-order valence-corrected chi connectivity index (χ3v) is 5.48. The van der Waals surface area contributed by atoms with Crippen molar-refractivity contribution in [3.63, 3.8) is 0 Å². The third-order valence-electron chi connectivity index (χ3n) is 5.48. The fourth-order valence-corrected chi connectivity index (χ4v) is 3.31. The number of hydrogen-bond acceptors (Lipinski definition) is 9. The average Bonchev–Trinajstić information content (AvgIpc) is 3.17. The van der Waals surface area contributed by atoms with Gasteiger partial charge in [-0.2, -0.15) is 0 Å². The number of aliphatic hydroxyl groups is 2. The van der Waals surface area contributed by atoms with Gasteiger partial charge in [-0.1, -0.05) is 18.2 Å². The molecule has 2 rings (SSSR count). The van der Waals surface area contributed by atoms with Crippen molar-refractivity contribution in [3.8, 4) is 0 Å². The zero-order chi connectivity index (χ0) is 26.8. The maximum absolute atomic E-state index is 12.8. The smallest absolute Gasteiger partial charge is 0.335 e. The van der Waals surface area contributed by atoms with Gasteiger partial charge >= 0.3 is 17.9 Å². The first kappa shape index (κ1) is 29.8. The van der Waals surface area contributed by atoms with Crippen LogP contribution in [0, 0.1) is 5.41 Å². The largest absolute Gasteiger partial charge is 0.479 e. The molecule has 35 heavy (non-hydrogen) atoms. The van der Waals surface area contributed by atoms with Gasteiger partial charge < -0.3 is 35.0 Å². The number of ether oxygens (including phenoxy) is 1. The predicted octanol–water partition coefficient (Wildman–Crippen LogP) is 0.487. The van der Waals surface area contributed by atoms with Gasteiger partial charge in [-0.15, -0.1) is 0 Å². The number of cyclic esters (lactones) is 1. The van der Waals surface area contributed by atoms with Crippen molar-refractivity contribution in [2.75, 3.05) is 46.2 Å². The standard InChI is InChI=1S/C20H28N2O3.C4H6O6/c1-21(2)14-5-12-20(13-15-25-19(20)24)18(23)11-8-16-6-9-17(10-7-16)22(3)4;5-1(3(7)8)2(6)4(9)10/h6-11H,5,12-15H2,1-4H3;1-2,5-6H,(H,7,8)(H,9,10)/b11-8+;. The van der Waals surface area contributed by atoms with E-state index in [1.807, 2.05) is 57.4 Å². The van der Waals surface area contributed by atoms with E-state index < -0.39 is 29.6 Å².